The zero-order valence-electron chi connectivity index (χ0n) is 9.77. The fourth-order valence-corrected chi connectivity index (χ4v) is 2.33. The van der Waals surface area contributed by atoms with Gasteiger partial charge in [-0.25, -0.2) is 4.39 Å². The molecule has 1 rings (SSSR count). The second kappa shape index (κ2) is 7.09. The maximum Gasteiger partial charge on any atom is 0.185 e. The lowest BCUT2D eigenvalue weighted by molar-refractivity contribution is -0.109. The first kappa shape index (κ1) is 15.4. The molecule has 1 aromatic rings. The summed E-state index contributed by atoms with van der Waals surface area (Å²) < 4.78 is 13.1. The Morgan fingerprint density at radius 3 is 2.67 bits per heavy atom. The van der Waals surface area contributed by atoms with Gasteiger partial charge in [0.05, 0.1) is 6.10 Å². The van der Waals surface area contributed by atoms with Gasteiger partial charge in [-0.3, -0.25) is 4.79 Å². The van der Waals surface area contributed by atoms with E-state index in [1.807, 2.05) is 0 Å². The average Bonchev–Trinajstić information content (AvgIpc) is 2.26. The van der Waals surface area contributed by atoms with Crippen LogP contribution in [0.4, 0.5) is 4.39 Å². The lowest BCUT2D eigenvalue weighted by atomic mass is 10.0. The Balaban J connectivity index is 2.62. The van der Waals surface area contributed by atoms with E-state index in [0.29, 0.717) is 5.75 Å². The number of aliphatic hydroxyl groups is 2. The van der Waals surface area contributed by atoms with Crippen molar-refractivity contribution in [2.75, 3.05) is 5.75 Å². The Kier molecular flexibility index (Phi) is 6.08. The van der Waals surface area contributed by atoms with E-state index in [4.69, 9.17) is 11.6 Å². The number of carbonyl (C=O) groups excluding carboxylic acids is 1. The summed E-state index contributed by atoms with van der Waals surface area (Å²) in [5.74, 6) is -0.168. The molecule has 0 amide bonds. The zero-order chi connectivity index (χ0) is 13.7. The molecule has 0 aromatic heterocycles. The Labute approximate surface area is 114 Å². The molecule has 3 nitrogen and oxygen atoms in total. The number of rotatable bonds is 5. The predicted molar refractivity (Wildman–Crippen MR) is 70.1 cm³/mol. The van der Waals surface area contributed by atoms with Gasteiger partial charge in [0.1, 0.15) is 11.9 Å². The topological polar surface area (TPSA) is 57.5 Å². The molecule has 0 fully saturated rings. The summed E-state index contributed by atoms with van der Waals surface area (Å²) in [4.78, 5) is 10.7. The highest BCUT2D eigenvalue weighted by molar-refractivity contribution is 8.13. The molecule has 1 aromatic carbocycles. The maximum atomic E-state index is 13.1. The molecule has 100 valence electrons. The molecule has 2 unspecified atom stereocenters. The van der Waals surface area contributed by atoms with Crippen LogP contribution in [0, 0.1) is 5.82 Å². The molecule has 0 saturated heterocycles. The number of hydrogen-bond donors (Lipinski definition) is 2. The van der Waals surface area contributed by atoms with Crippen molar-refractivity contribution in [1.29, 1.82) is 0 Å². The Hall–Kier alpha value is -0.620. The summed E-state index contributed by atoms with van der Waals surface area (Å²) >= 11 is 6.73. The zero-order valence-corrected chi connectivity index (χ0v) is 11.3. The van der Waals surface area contributed by atoms with Crippen LogP contribution in [0.1, 0.15) is 25.0 Å². The highest BCUT2D eigenvalue weighted by Gasteiger charge is 2.19. The molecule has 0 heterocycles. The molecule has 6 heteroatoms. The van der Waals surface area contributed by atoms with Gasteiger partial charge in [0.25, 0.3) is 0 Å². The van der Waals surface area contributed by atoms with Gasteiger partial charge in [0, 0.05) is 17.7 Å². The van der Waals surface area contributed by atoms with E-state index in [1.165, 1.54) is 13.0 Å². The number of aliphatic hydroxyl groups excluding tert-OH is 2. The van der Waals surface area contributed by atoms with Crippen molar-refractivity contribution < 1.29 is 19.4 Å². The molecule has 0 saturated carbocycles. The molecule has 2 N–H and O–H groups in total. The van der Waals surface area contributed by atoms with Gasteiger partial charge in [0.2, 0.25) is 0 Å². The van der Waals surface area contributed by atoms with Crippen LogP contribution in [-0.2, 0) is 4.79 Å². The quantitative estimate of drug-likeness (QED) is 0.876. The summed E-state index contributed by atoms with van der Waals surface area (Å²) in [6.45, 7) is 1.43. The number of halogens is 2. The van der Waals surface area contributed by atoms with Gasteiger partial charge in [0.15, 0.2) is 5.12 Å². The van der Waals surface area contributed by atoms with Crippen molar-refractivity contribution in [3.05, 3.63) is 34.6 Å². The predicted octanol–water partition coefficient (Wildman–Crippen LogP) is 2.54. The minimum absolute atomic E-state index is 0.0505. The lowest BCUT2D eigenvalue weighted by Gasteiger charge is -2.18. The van der Waals surface area contributed by atoms with Gasteiger partial charge in [-0.15, -0.1) is 0 Å². The Morgan fingerprint density at radius 1 is 1.44 bits per heavy atom. The highest BCUT2D eigenvalue weighted by atomic mass is 35.5. The summed E-state index contributed by atoms with van der Waals surface area (Å²) in [7, 11) is 0. The van der Waals surface area contributed by atoms with Crippen LogP contribution in [-0.4, -0.2) is 27.2 Å². The smallest absolute Gasteiger partial charge is 0.185 e. The van der Waals surface area contributed by atoms with Crippen LogP contribution in [0.25, 0.3) is 0 Å². The van der Waals surface area contributed by atoms with E-state index in [-0.39, 0.29) is 22.1 Å². The van der Waals surface area contributed by atoms with Gasteiger partial charge >= 0.3 is 0 Å². The van der Waals surface area contributed by atoms with Crippen LogP contribution in [0.2, 0.25) is 5.02 Å². The first-order valence-corrected chi connectivity index (χ1v) is 6.72. The van der Waals surface area contributed by atoms with E-state index >= 15 is 0 Å². The molecule has 0 radical (unpaired) electrons. The first-order chi connectivity index (χ1) is 8.40. The SMILES string of the molecule is CC(=O)SCCC(O)C(O)c1cc(F)cc(Cl)c1. The number of carbonyl (C=O) groups is 1. The van der Waals surface area contributed by atoms with Crippen LogP contribution in [0.15, 0.2) is 18.2 Å². The molecular weight excluding hydrogens is 279 g/mol. The molecule has 0 aliphatic heterocycles. The standard InChI is InChI=1S/C12H14ClFO3S/c1-7(15)18-3-2-11(16)12(17)8-4-9(13)6-10(14)5-8/h4-6,11-12,16-17H,2-3H2,1H3. The second-order valence-corrected chi connectivity index (χ2v) is 5.55. The fraction of sp³-hybridized carbons (Fsp3) is 0.417. The normalized spacial score (nSPS) is 14.3. The molecule has 0 bridgehead atoms. The largest absolute Gasteiger partial charge is 0.390 e. The fourth-order valence-electron chi connectivity index (χ4n) is 1.45. The Bertz CT molecular complexity index is 408. The van der Waals surface area contributed by atoms with Crippen molar-refractivity contribution in [1.82, 2.24) is 0 Å². The van der Waals surface area contributed by atoms with E-state index in [9.17, 15) is 19.4 Å². The average molecular weight is 293 g/mol. The van der Waals surface area contributed by atoms with Crippen molar-refractivity contribution in [3.63, 3.8) is 0 Å². The molecule has 18 heavy (non-hydrogen) atoms. The summed E-state index contributed by atoms with van der Waals surface area (Å²) in [5.41, 5.74) is 0.223. The third-order valence-corrected chi connectivity index (χ3v) is 3.37. The summed E-state index contributed by atoms with van der Waals surface area (Å²) in [6, 6.07) is 3.64. The molecule has 0 aliphatic rings. The Morgan fingerprint density at radius 2 is 2.11 bits per heavy atom. The van der Waals surface area contributed by atoms with Crippen LogP contribution in [0.5, 0.6) is 0 Å². The van der Waals surface area contributed by atoms with Crippen molar-refractivity contribution >= 4 is 28.5 Å². The van der Waals surface area contributed by atoms with E-state index in [2.05, 4.69) is 0 Å². The monoisotopic (exact) mass is 292 g/mol. The summed E-state index contributed by atoms with van der Waals surface area (Å²) in [5, 5.41) is 19.7. The van der Waals surface area contributed by atoms with E-state index < -0.39 is 18.0 Å². The number of thioether (sulfide) groups is 1. The second-order valence-electron chi connectivity index (χ2n) is 3.84. The van der Waals surface area contributed by atoms with Crippen molar-refractivity contribution in [2.45, 2.75) is 25.6 Å². The van der Waals surface area contributed by atoms with Crippen molar-refractivity contribution in [2.24, 2.45) is 0 Å². The van der Waals surface area contributed by atoms with Crippen LogP contribution in [0.3, 0.4) is 0 Å². The molecule has 0 aliphatic carbocycles. The van der Waals surface area contributed by atoms with Crippen molar-refractivity contribution in [3.8, 4) is 0 Å². The van der Waals surface area contributed by atoms with Crippen LogP contribution < -0.4 is 0 Å². The maximum absolute atomic E-state index is 13.1. The van der Waals surface area contributed by atoms with Crippen LogP contribution >= 0.6 is 23.4 Å². The van der Waals surface area contributed by atoms with Gasteiger partial charge in [-0.1, -0.05) is 23.4 Å². The molecule has 0 spiro atoms. The first-order valence-electron chi connectivity index (χ1n) is 5.35. The summed E-state index contributed by atoms with van der Waals surface area (Å²) in [6.07, 6.45) is -2.04. The van der Waals surface area contributed by atoms with E-state index in [0.717, 1.165) is 23.9 Å². The molecular formula is C12H14ClFO3S. The highest BCUT2D eigenvalue weighted by Crippen LogP contribution is 2.24. The lowest BCUT2D eigenvalue weighted by Crippen LogP contribution is -2.19. The molecule has 2 atom stereocenters. The minimum atomic E-state index is -1.22. The third-order valence-electron chi connectivity index (χ3n) is 2.31. The van der Waals surface area contributed by atoms with E-state index in [1.54, 1.807) is 0 Å². The third kappa shape index (κ3) is 4.94. The minimum Gasteiger partial charge on any atom is -0.390 e. The number of benzene rings is 1. The van der Waals surface area contributed by atoms with Gasteiger partial charge in [-0.05, 0) is 30.2 Å². The number of hydrogen-bond acceptors (Lipinski definition) is 4. The van der Waals surface area contributed by atoms with Gasteiger partial charge < -0.3 is 10.2 Å². The van der Waals surface area contributed by atoms with Gasteiger partial charge in [-0.2, -0.15) is 0 Å².